The topological polar surface area (TPSA) is 74.0 Å². The summed E-state index contributed by atoms with van der Waals surface area (Å²) in [5.41, 5.74) is 7.00. The fourth-order valence-corrected chi connectivity index (χ4v) is 2.73. The summed E-state index contributed by atoms with van der Waals surface area (Å²) >= 11 is 0. The van der Waals surface area contributed by atoms with Gasteiger partial charge in [0, 0.05) is 38.4 Å². The molecule has 0 spiro atoms. The number of carbonyl (C=O) groups excluding carboxylic acids is 1. The number of carbonyl (C=O) groups is 1. The van der Waals surface area contributed by atoms with E-state index in [0.29, 0.717) is 11.9 Å². The molecule has 24 heavy (non-hydrogen) atoms. The maximum absolute atomic E-state index is 13.0. The summed E-state index contributed by atoms with van der Waals surface area (Å²) in [5, 5.41) is 2.88. The number of guanidine groups is 1. The van der Waals surface area contributed by atoms with E-state index in [1.54, 1.807) is 12.1 Å². The molecule has 7 heteroatoms. The van der Waals surface area contributed by atoms with Crippen LogP contribution in [0.4, 0.5) is 10.1 Å². The van der Waals surface area contributed by atoms with E-state index in [1.165, 1.54) is 25.0 Å². The maximum atomic E-state index is 13.0. The monoisotopic (exact) mass is 333 g/mol. The molecule has 6 nitrogen and oxygen atoms in total. The first kappa shape index (κ1) is 16.5. The van der Waals surface area contributed by atoms with Crippen LogP contribution in [0.15, 0.2) is 29.3 Å². The van der Waals surface area contributed by atoms with Gasteiger partial charge in [-0.05, 0) is 43.0 Å². The van der Waals surface area contributed by atoms with Crippen LogP contribution in [0.2, 0.25) is 0 Å². The minimum atomic E-state index is -0.228. The Morgan fingerprint density at radius 3 is 2.50 bits per heavy atom. The standard InChI is InChI=1S/C17H24FN5O/c18-14-3-5-15(6-4-14)22-7-9-23(10-8-22)17(19)21-12-16(24)20-11-13-1-2-13/h3-6,13H,1-2,7-12H2,(H2,19,21)(H,20,24). The molecular weight excluding hydrogens is 309 g/mol. The zero-order chi connectivity index (χ0) is 16.9. The molecule has 1 saturated carbocycles. The fourth-order valence-electron chi connectivity index (χ4n) is 2.73. The average molecular weight is 333 g/mol. The van der Waals surface area contributed by atoms with Gasteiger partial charge in [0.05, 0.1) is 0 Å². The van der Waals surface area contributed by atoms with E-state index in [1.807, 2.05) is 4.90 Å². The third-order valence-electron chi connectivity index (χ3n) is 4.46. The Labute approximate surface area is 141 Å². The molecule has 0 unspecified atom stereocenters. The van der Waals surface area contributed by atoms with Crippen LogP contribution in [0, 0.1) is 11.7 Å². The van der Waals surface area contributed by atoms with E-state index in [0.717, 1.165) is 38.4 Å². The van der Waals surface area contributed by atoms with Crippen molar-refractivity contribution in [3.8, 4) is 0 Å². The lowest BCUT2D eigenvalue weighted by molar-refractivity contribution is -0.119. The Kier molecular flexibility index (Phi) is 5.17. The maximum Gasteiger partial charge on any atom is 0.241 e. The van der Waals surface area contributed by atoms with Crippen LogP contribution in [0.3, 0.4) is 0 Å². The fraction of sp³-hybridized carbons (Fsp3) is 0.529. The number of halogens is 1. The van der Waals surface area contributed by atoms with Crippen molar-refractivity contribution < 1.29 is 9.18 Å². The first-order valence-electron chi connectivity index (χ1n) is 8.44. The number of benzene rings is 1. The van der Waals surface area contributed by atoms with Crippen LogP contribution in [0.5, 0.6) is 0 Å². The van der Waals surface area contributed by atoms with Gasteiger partial charge in [-0.2, -0.15) is 0 Å². The number of hydrogen-bond acceptors (Lipinski definition) is 3. The normalized spacial score (nSPS) is 18.6. The van der Waals surface area contributed by atoms with Gasteiger partial charge in [-0.25, -0.2) is 9.38 Å². The van der Waals surface area contributed by atoms with Gasteiger partial charge in [0.25, 0.3) is 0 Å². The van der Waals surface area contributed by atoms with Gasteiger partial charge in [0.2, 0.25) is 5.91 Å². The molecule has 1 heterocycles. The third-order valence-corrected chi connectivity index (χ3v) is 4.46. The van der Waals surface area contributed by atoms with E-state index >= 15 is 0 Å². The Morgan fingerprint density at radius 1 is 1.21 bits per heavy atom. The Bertz CT molecular complexity index is 592. The van der Waals surface area contributed by atoms with Crippen LogP contribution in [0.1, 0.15) is 12.8 Å². The number of aliphatic imine (C=N–C) groups is 1. The van der Waals surface area contributed by atoms with Gasteiger partial charge in [-0.3, -0.25) is 4.79 Å². The lowest BCUT2D eigenvalue weighted by atomic mass is 10.2. The molecule has 1 saturated heterocycles. The van der Waals surface area contributed by atoms with Crippen molar-refractivity contribution in [1.82, 2.24) is 10.2 Å². The molecule has 130 valence electrons. The zero-order valence-corrected chi connectivity index (χ0v) is 13.7. The van der Waals surface area contributed by atoms with Gasteiger partial charge in [-0.1, -0.05) is 0 Å². The molecule has 1 aromatic rings. The number of rotatable bonds is 5. The van der Waals surface area contributed by atoms with Crippen LogP contribution in [-0.4, -0.2) is 56.0 Å². The molecule has 1 amide bonds. The second-order valence-corrected chi connectivity index (χ2v) is 6.37. The number of amides is 1. The number of nitrogens with one attached hydrogen (secondary N) is 1. The second kappa shape index (κ2) is 7.51. The average Bonchev–Trinajstić information content (AvgIpc) is 3.43. The summed E-state index contributed by atoms with van der Waals surface area (Å²) in [7, 11) is 0. The predicted molar refractivity (Wildman–Crippen MR) is 92.4 cm³/mol. The molecule has 0 aromatic heterocycles. The highest BCUT2D eigenvalue weighted by Gasteiger charge is 2.22. The summed E-state index contributed by atoms with van der Waals surface area (Å²) in [4.78, 5) is 20.1. The molecule has 0 atom stereocenters. The van der Waals surface area contributed by atoms with E-state index in [-0.39, 0.29) is 18.3 Å². The summed E-state index contributed by atoms with van der Waals surface area (Å²) in [6.07, 6.45) is 2.42. The van der Waals surface area contributed by atoms with Crippen LogP contribution in [-0.2, 0) is 4.79 Å². The van der Waals surface area contributed by atoms with Gasteiger partial charge >= 0.3 is 0 Å². The van der Waals surface area contributed by atoms with E-state index in [2.05, 4.69) is 15.2 Å². The lowest BCUT2D eigenvalue weighted by Gasteiger charge is -2.36. The summed E-state index contributed by atoms with van der Waals surface area (Å²) in [6, 6.07) is 6.51. The minimum Gasteiger partial charge on any atom is -0.370 e. The number of piperazine rings is 1. The van der Waals surface area contributed by atoms with Gasteiger partial charge in [-0.15, -0.1) is 0 Å². The predicted octanol–water partition coefficient (Wildman–Crippen LogP) is 0.789. The van der Waals surface area contributed by atoms with Crippen LogP contribution in [0.25, 0.3) is 0 Å². The Hall–Kier alpha value is -2.31. The number of anilines is 1. The minimum absolute atomic E-state index is 0.0743. The van der Waals surface area contributed by atoms with E-state index in [4.69, 9.17) is 5.73 Å². The molecule has 2 fully saturated rings. The van der Waals surface area contributed by atoms with E-state index in [9.17, 15) is 9.18 Å². The quantitative estimate of drug-likeness (QED) is 0.617. The van der Waals surface area contributed by atoms with Crippen molar-refractivity contribution in [2.45, 2.75) is 12.8 Å². The van der Waals surface area contributed by atoms with Crippen molar-refractivity contribution in [2.24, 2.45) is 16.6 Å². The molecule has 3 rings (SSSR count). The zero-order valence-electron chi connectivity index (χ0n) is 13.7. The summed E-state index contributed by atoms with van der Waals surface area (Å²) < 4.78 is 13.0. The van der Waals surface area contributed by atoms with Gasteiger partial charge in [0.15, 0.2) is 5.96 Å². The second-order valence-electron chi connectivity index (χ2n) is 6.37. The lowest BCUT2D eigenvalue weighted by Crippen LogP contribution is -2.51. The van der Waals surface area contributed by atoms with Crippen LogP contribution < -0.4 is 16.0 Å². The van der Waals surface area contributed by atoms with Crippen molar-refractivity contribution >= 4 is 17.6 Å². The molecule has 3 N–H and O–H groups in total. The summed E-state index contributed by atoms with van der Waals surface area (Å²) in [6.45, 7) is 3.87. The molecular formula is C17H24FN5O. The van der Waals surface area contributed by atoms with Crippen molar-refractivity contribution in [3.05, 3.63) is 30.1 Å². The largest absolute Gasteiger partial charge is 0.370 e. The molecule has 1 aliphatic carbocycles. The highest BCUT2D eigenvalue weighted by molar-refractivity contribution is 5.84. The smallest absolute Gasteiger partial charge is 0.241 e. The van der Waals surface area contributed by atoms with Crippen LogP contribution >= 0.6 is 0 Å². The van der Waals surface area contributed by atoms with Crippen molar-refractivity contribution in [1.29, 1.82) is 0 Å². The van der Waals surface area contributed by atoms with Crippen molar-refractivity contribution in [3.63, 3.8) is 0 Å². The number of hydrogen-bond donors (Lipinski definition) is 2. The van der Waals surface area contributed by atoms with Gasteiger partial charge in [0.1, 0.15) is 12.4 Å². The van der Waals surface area contributed by atoms with E-state index < -0.39 is 0 Å². The molecule has 1 aromatic carbocycles. The number of nitrogens with zero attached hydrogens (tertiary/aromatic N) is 3. The summed E-state index contributed by atoms with van der Waals surface area (Å²) in [5.74, 6) is 0.772. The molecule has 1 aliphatic heterocycles. The third kappa shape index (κ3) is 4.59. The Morgan fingerprint density at radius 2 is 1.88 bits per heavy atom. The SMILES string of the molecule is NC(=NCC(=O)NCC1CC1)N1CCN(c2ccc(F)cc2)CC1. The Balaban J connectivity index is 1.43. The molecule has 2 aliphatic rings. The first-order valence-corrected chi connectivity index (χ1v) is 8.44. The number of nitrogens with two attached hydrogens (primary N) is 1. The first-order chi connectivity index (χ1) is 11.6. The van der Waals surface area contributed by atoms with Gasteiger partial charge < -0.3 is 20.9 Å². The highest BCUT2D eigenvalue weighted by atomic mass is 19.1. The highest BCUT2D eigenvalue weighted by Crippen LogP contribution is 2.27. The molecule has 0 radical (unpaired) electrons. The molecule has 0 bridgehead atoms. The van der Waals surface area contributed by atoms with Crippen molar-refractivity contribution in [2.75, 3.05) is 44.2 Å².